The molecule has 180 valence electrons. The summed E-state index contributed by atoms with van der Waals surface area (Å²) < 4.78 is 0. The third-order valence-corrected chi connectivity index (χ3v) is 6.38. The van der Waals surface area contributed by atoms with Crippen LogP contribution >= 0.6 is 11.8 Å². The lowest BCUT2D eigenvalue weighted by atomic mass is 10.1. The van der Waals surface area contributed by atoms with Crippen LogP contribution in [0.15, 0.2) is 0 Å². The fraction of sp³-hybridized carbons (Fsp3) is 0.750. The third-order valence-electron chi connectivity index (χ3n) is 5.73. The Kier molecular flexibility index (Phi) is 10.2. The Balaban J connectivity index is 2.05. The first kappa shape index (κ1) is 25.9. The van der Waals surface area contributed by atoms with Gasteiger partial charge in [0.1, 0.15) is 18.1 Å². The molecule has 11 nitrogen and oxygen atoms in total. The molecular weight excluding hydrogens is 438 g/mol. The predicted molar refractivity (Wildman–Crippen MR) is 119 cm³/mol. The average molecular weight is 472 g/mol. The predicted octanol–water partition coefficient (Wildman–Crippen LogP) is -1.20. The van der Waals surface area contributed by atoms with Crippen LogP contribution in [0.25, 0.3) is 0 Å². The SMILES string of the molecule is CSCCC(NC(=O)C1CCCN1)C(=O)N1CCCC1C(=O)NC(CCC(N)=O)C(=O)O. The topological polar surface area (TPSA) is 171 Å². The van der Waals surface area contributed by atoms with E-state index in [2.05, 4.69) is 16.0 Å². The molecule has 6 N–H and O–H groups in total. The molecule has 2 saturated heterocycles. The van der Waals surface area contributed by atoms with E-state index in [0.29, 0.717) is 38.0 Å². The molecule has 0 radical (unpaired) electrons. The van der Waals surface area contributed by atoms with Gasteiger partial charge in [-0.2, -0.15) is 11.8 Å². The molecule has 2 aliphatic rings. The number of hydrogen-bond donors (Lipinski definition) is 5. The van der Waals surface area contributed by atoms with Gasteiger partial charge in [-0.25, -0.2) is 4.79 Å². The minimum Gasteiger partial charge on any atom is -0.480 e. The van der Waals surface area contributed by atoms with E-state index in [4.69, 9.17) is 5.73 Å². The number of hydrogen-bond acceptors (Lipinski definition) is 7. The number of rotatable bonds is 12. The molecule has 12 heteroatoms. The van der Waals surface area contributed by atoms with Gasteiger partial charge < -0.3 is 31.7 Å². The van der Waals surface area contributed by atoms with E-state index in [1.165, 1.54) is 4.90 Å². The largest absolute Gasteiger partial charge is 0.480 e. The van der Waals surface area contributed by atoms with Crippen molar-refractivity contribution in [2.24, 2.45) is 5.73 Å². The molecule has 0 saturated carbocycles. The van der Waals surface area contributed by atoms with Crippen molar-refractivity contribution in [1.82, 2.24) is 20.9 Å². The lowest BCUT2D eigenvalue weighted by molar-refractivity contribution is -0.145. The highest BCUT2D eigenvalue weighted by atomic mass is 32.2. The summed E-state index contributed by atoms with van der Waals surface area (Å²) >= 11 is 1.56. The maximum Gasteiger partial charge on any atom is 0.326 e. The van der Waals surface area contributed by atoms with Gasteiger partial charge in [-0.05, 0) is 57.1 Å². The molecule has 32 heavy (non-hydrogen) atoms. The normalized spacial score (nSPS) is 22.2. The van der Waals surface area contributed by atoms with Crippen molar-refractivity contribution in [2.75, 3.05) is 25.1 Å². The van der Waals surface area contributed by atoms with E-state index in [9.17, 15) is 29.1 Å². The molecule has 0 spiro atoms. The second kappa shape index (κ2) is 12.6. The van der Waals surface area contributed by atoms with Gasteiger partial charge in [-0.3, -0.25) is 19.2 Å². The van der Waals surface area contributed by atoms with Crippen LogP contribution in [0.4, 0.5) is 0 Å². The molecular formula is C20H33N5O6S. The molecule has 4 atom stereocenters. The first-order valence-corrected chi connectivity index (χ1v) is 12.3. The van der Waals surface area contributed by atoms with Crippen LogP contribution in [0.3, 0.4) is 0 Å². The number of thioether (sulfide) groups is 1. The molecule has 0 aromatic rings. The van der Waals surface area contributed by atoms with Gasteiger partial charge in [0.25, 0.3) is 0 Å². The summed E-state index contributed by atoms with van der Waals surface area (Å²) in [5.41, 5.74) is 5.08. The molecule has 0 bridgehead atoms. The smallest absolute Gasteiger partial charge is 0.326 e. The maximum absolute atomic E-state index is 13.3. The van der Waals surface area contributed by atoms with Gasteiger partial charge in [0, 0.05) is 13.0 Å². The van der Waals surface area contributed by atoms with Crippen LogP contribution in [0.5, 0.6) is 0 Å². The second-order valence-electron chi connectivity index (χ2n) is 8.09. The number of carboxylic acids is 1. The van der Waals surface area contributed by atoms with Crippen molar-refractivity contribution in [2.45, 2.75) is 69.1 Å². The highest BCUT2D eigenvalue weighted by Crippen LogP contribution is 2.20. The van der Waals surface area contributed by atoms with E-state index in [1.807, 2.05) is 6.26 Å². The van der Waals surface area contributed by atoms with E-state index >= 15 is 0 Å². The number of likely N-dealkylation sites (tertiary alicyclic amines) is 1. The fourth-order valence-corrected chi connectivity index (χ4v) is 4.46. The van der Waals surface area contributed by atoms with Crippen LogP contribution in [-0.2, 0) is 24.0 Å². The number of carboxylic acid groups (broad SMARTS) is 1. The standard InChI is InChI=1S/C20H33N5O6S/c1-32-11-8-13(23-17(27)12-4-2-9-22-12)19(29)25-10-3-5-15(25)18(28)24-14(20(30)31)6-7-16(21)26/h12-15,22H,2-11H2,1H3,(H2,21,26)(H,23,27)(H,24,28)(H,30,31). The van der Waals surface area contributed by atoms with Gasteiger partial charge >= 0.3 is 5.97 Å². The summed E-state index contributed by atoms with van der Waals surface area (Å²) in [6, 6.07) is -3.17. The Bertz CT molecular complexity index is 715. The zero-order chi connectivity index (χ0) is 23.7. The lowest BCUT2D eigenvalue weighted by Crippen LogP contribution is -2.56. The highest BCUT2D eigenvalue weighted by molar-refractivity contribution is 7.98. The molecule has 4 amide bonds. The van der Waals surface area contributed by atoms with Crippen LogP contribution in [0, 0.1) is 0 Å². The Morgan fingerprint density at radius 2 is 1.81 bits per heavy atom. The first-order chi connectivity index (χ1) is 15.2. The molecule has 2 rings (SSSR count). The Labute approximate surface area is 191 Å². The van der Waals surface area contributed by atoms with Crippen LogP contribution in [0.1, 0.15) is 44.9 Å². The fourth-order valence-electron chi connectivity index (χ4n) is 3.99. The Morgan fingerprint density at radius 3 is 2.41 bits per heavy atom. The Morgan fingerprint density at radius 1 is 1.09 bits per heavy atom. The summed E-state index contributed by atoms with van der Waals surface area (Å²) in [6.45, 7) is 1.11. The van der Waals surface area contributed by atoms with Crippen molar-refractivity contribution in [3.63, 3.8) is 0 Å². The van der Waals surface area contributed by atoms with E-state index < -0.39 is 35.9 Å². The number of carbonyl (C=O) groups is 5. The monoisotopic (exact) mass is 471 g/mol. The summed E-state index contributed by atoms with van der Waals surface area (Å²) in [5.74, 6) is -2.42. The summed E-state index contributed by atoms with van der Waals surface area (Å²) in [5, 5.41) is 17.7. The zero-order valence-electron chi connectivity index (χ0n) is 18.3. The summed E-state index contributed by atoms with van der Waals surface area (Å²) in [4.78, 5) is 62.5. The number of nitrogens with zero attached hydrogens (tertiary/aromatic N) is 1. The van der Waals surface area contributed by atoms with E-state index in [1.54, 1.807) is 11.8 Å². The Hall–Kier alpha value is -2.34. The van der Waals surface area contributed by atoms with E-state index in [-0.39, 0.29) is 30.7 Å². The van der Waals surface area contributed by atoms with Crippen molar-refractivity contribution < 1.29 is 29.1 Å². The molecule has 4 unspecified atom stereocenters. The minimum atomic E-state index is -1.27. The number of primary amides is 1. The number of nitrogens with one attached hydrogen (secondary N) is 3. The molecule has 0 aliphatic carbocycles. The number of amides is 4. The van der Waals surface area contributed by atoms with Crippen molar-refractivity contribution in [3.8, 4) is 0 Å². The van der Waals surface area contributed by atoms with Crippen LogP contribution in [0.2, 0.25) is 0 Å². The van der Waals surface area contributed by atoms with Crippen LogP contribution in [-0.4, -0.2) is 88.9 Å². The highest BCUT2D eigenvalue weighted by Gasteiger charge is 2.39. The molecule has 2 aliphatic heterocycles. The summed E-state index contributed by atoms with van der Waals surface area (Å²) in [6.07, 6.45) is 4.64. The van der Waals surface area contributed by atoms with Gasteiger partial charge in [-0.1, -0.05) is 0 Å². The van der Waals surface area contributed by atoms with Gasteiger partial charge in [0.15, 0.2) is 0 Å². The van der Waals surface area contributed by atoms with Crippen molar-refractivity contribution >= 4 is 41.4 Å². The summed E-state index contributed by atoms with van der Waals surface area (Å²) in [7, 11) is 0. The van der Waals surface area contributed by atoms with Crippen molar-refractivity contribution in [1.29, 1.82) is 0 Å². The van der Waals surface area contributed by atoms with Gasteiger partial charge in [0.05, 0.1) is 6.04 Å². The molecule has 0 aromatic heterocycles. The molecule has 2 fully saturated rings. The lowest BCUT2D eigenvalue weighted by Gasteiger charge is -2.30. The zero-order valence-corrected chi connectivity index (χ0v) is 19.1. The maximum atomic E-state index is 13.3. The van der Waals surface area contributed by atoms with Gasteiger partial charge in [0.2, 0.25) is 23.6 Å². The second-order valence-corrected chi connectivity index (χ2v) is 9.07. The van der Waals surface area contributed by atoms with Crippen LogP contribution < -0.4 is 21.7 Å². The molecule has 2 heterocycles. The number of carbonyl (C=O) groups excluding carboxylic acids is 4. The van der Waals surface area contributed by atoms with Gasteiger partial charge in [-0.15, -0.1) is 0 Å². The quantitative estimate of drug-likeness (QED) is 0.236. The number of nitrogens with two attached hydrogens (primary N) is 1. The first-order valence-electron chi connectivity index (χ1n) is 10.9. The van der Waals surface area contributed by atoms with E-state index in [0.717, 1.165) is 13.0 Å². The van der Waals surface area contributed by atoms with Crippen molar-refractivity contribution in [3.05, 3.63) is 0 Å². The number of aliphatic carboxylic acids is 1. The molecule has 0 aromatic carbocycles. The average Bonchev–Trinajstić information content (AvgIpc) is 3.45. The minimum absolute atomic E-state index is 0.127. The third kappa shape index (κ3) is 7.37.